The van der Waals surface area contributed by atoms with E-state index in [0.29, 0.717) is 24.2 Å². The van der Waals surface area contributed by atoms with Crippen molar-refractivity contribution in [2.75, 3.05) is 11.9 Å². The molecule has 0 aliphatic carbocycles. The number of nitriles is 1. The molecule has 0 aliphatic rings. The smallest absolute Gasteiger partial charge is 0.340 e. The van der Waals surface area contributed by atoms with E-state index in [1.165, 1.54) is 4.88 Å². The second kappa shape index (κ2) is 9.22. The first-order chi connectivity index (χ1) is 14.0. The van der Waals surface area contributed by atoms with Gasteiger partial charge in [0.05, 0.1) is 24.6 Å². The molecule has 0 radical (unpaired) electrons. The zero-order valence-electron chi connectivity index (χ0n) is 16.3. The Bertz CT molecular complexity index is 1040. The van der Waals surface area contributed by atoms with Gasteiger partial charge in [-0.15, -0.1) is 11.3 Å². The predicted molar refractivity (Wildman–Crippen MR) is 112 cm³/mol. The van der Waals surface area contributed by atoms with Crippen LogP contribution in [0.5, 0.6) is 0 Å². The van der Waals surface area contributed by atoms with Gasteiger partial charge in [-0.3, -0.25) is 4.79 Å². The second-order valence-electron chi connectivity index (χ2n) is 6.61. The van der Waals surface area contributed by atoms with E-state index in [4.69, 9.17) is 10.00 Å². The van der Waals surface area contributed by atoms with E-state index in [9.17, 15) is 9.59 Å². The number of nitrogens with one attached hydrogen (secondary N) is 1. The standard InChI is InChI=1S/C22H21N3O3S/c1-15-12-20(16(2)25(15)13-19-4-3-11-29-19)22(27)28-14-21(26)24-18-7-5-17(6-8-18)9-10-23/h3-8,11-12H,9,13-14H2,1-2H3,(H,24,26). The van der Waals surface area contributed by atoms with Gasteiger partial charge in [0.25, 0.3) is 5.91 Å². The van der Waals surface area contributed by atoms with Gasteiger partial charge in [-0.2, -0.15) is 5.26 Å². The van der Waals surface area contributed by atoms with Crippen LogP contribution in [0.4, 0.5) is 5.69 Å². The molecule has 148 valence electrons. The molecule has 0 saturated heterocycles. The van der Waals surface area contributed by atoms with E-state index >= 15 is 0 Å². The first-order valence-electron chi connectivity index (χ1n) is 9.10. The zero-order valence-corrected chi connectivity index (χ0v) is 17.1. The van der Waals surface area contributed by atoms with Crippen molar-refractivity contribution in [3.63, 3.8) is 0 Å². The molecule has 3 aromatic rings. The van der Waals surface area contributed by atoms with Gasteiger partial charge >= 0.3 is 5.97 Å². The number of thiophene rings is 1. The zero-order chi connectivity index (χ0) is 20.8. The highest BCUT2D eigenvalue weighted by molar-refractivity contribution is 7.09. The molecular formula is C22H21N3O3S. The average molecular weight is 407 g/mol. The van der Waals surface area contributed by atoms with E-state index in [0.717, 1.165) is 17.0 Å². The summed E-state index contributed by atoms with van der Waals surface area (Å²) in [7, 11) is 0. The van der Waals surface area contributed by atoms with E-state index < -0.39 is 11.9 Å². The minimum atomic E-state index is -0.518. The third-order valence-electron chi connectivity index (χ3n) is 4.54. The normalized spacial score (nSPS) is 10.4. The summed E-state index contributed by atoms with van der Waals surface area (Å²) in [6.45, 7) is 4.15. The number of esters is 1. The Morgan fingerprint density at radius 3 is 2.62 bits per heavy atom. The SMILES string of the molecule is Cc1cc(C(=O)OCC(=O)Nc2ccc(CC#N)cc2)c(C)n1Cc1cccs1. The lowest BCUT2D eigenvalue weighted by molar-refractivity contribution is -0.119. The van der Waals surface area contributed by atoms with Crippen molar-refractivity contribution < 1.29 is 14.3 Å². The maximum atomic E-state index is 12.5. The number of ether oxygens (including phenoxy) is 1. The number of carbonyl (C=O) groups excluding carboxylic acids is 2. The summed E-state index contributed by atoms with van der Waals surface area (Å²) in [5, 5.41) is 13.4. The molecule has 0 bridgehead atoms. The number of aromatic nitrogens is 1. The molecule has 2 aromatic heterocycles. The topological polar surface area (TPSA) is 84.1 Å². The number of carbonyl (C=O) groups is 2. The van der Waals surface area contributed by atoms with Crippen LogP contribution in [0.2, 0.25) is 0 Å². The molecule has 1 amide bonds. The second-order valence-corrected chi connectivity index (χ2v) is 7.64. The van der Waals surface area contributed by atoms with Gasteiger partial charge in [-0.05, 0) is 49.1 Å². The quantitative estimate of drug-likeness (QED) is 0.598. The Hall–Kier alpha value is -3.37. The molecule has 0 unspecified atom stereocenters. The predicted octanol–water partition coefficient (Wildman–Crippen LogP) is 4.08. The maximum absolute atomic E-state index is 12.5. The lowest BCUT2D eigenvalue weighted by atomic mass is 10.1. The number of rotatable bonds is 7. The van der Waals surface area contributed by atoms with Crippen molar-refractivity contribution in [2.45, 2.75) is 26.8 Å². The molecule has 6 nitrogen and oxygen atoms in total. The van der Waals surface area contributed by atoms with Gasteiger partial charge in [0, 0.05) is 22.0 Å². The molecule has 0 aliphatic heterocycles. The first-order valence-corrected chi connectivity index (χ1v) is 9.98. The Kier molecular flexibility index (Phi) is 6.47. The largest absolute Gasteiger partial charge is 0.452 e. The molecule has 0 saturated carbocycles. The van der Waals surface area contributed by atoms with Crippen molar-refractivity contribution in [3.05, 3.63) is 75.2 Å². The number of benzene rings is 1. The lowest BCUT2D eigenvalue weighted by Crippen LogP contribution is -2.21. The van der Waals surface area contributed by atoms with E-state index in [1.54, 1.807) is 41.7 Å². The molecule has 2 heterocycles. The summed E-state index contributed by atoms with van der Waals surface area (Å²) in [6.07, 6.45) is 0.316. The summed E-state index contributed by atoms with van der Waals surface area (Å²) in [4.78, 5) is 25.7. The number of hydrogen-bond acceptors (Lipinski definition) is 5. The highest BCUT2D eigenvalue weighted by Crippen LogP contribution is 2.20. The summed E-state index contributed by atoms with van der Waals surface area (Å²) in [5.41, 5.74) is 3.70. The van der Waals surface area contributed by atoms with Crippen molar-refractivity contribution in [3.8, 4) is 6.07 Å². The van der Waals surface area contributed by atoms with Crippen LogP contribution in [-0.4, -0.2) is 23.1 Å². The van der Waals surface area contributed by atoms with E-state index in [-0.39, 0.29) is 6.61 Å². The molecule has 1 N–H and O–H groups in total. The van der Waals surface area contributed by atoms with Crippen molar-refractivity contribution >= 4 is 28.9 Å². The number of hydrogen-bond donors (Lipinski definition) is 1. The molecule has 3 rings (SSSR count). The van der Waals surface area contributed by atoms with Crippen LogP contribution in [0.15, 0.2) is 47.8 Å². The highest BCUT2D eigenvalue weighted by atomic mass is 32.1. The van der Waals surface area contributed by atoms with Gasteiger partial charge in [-0.25, -0.2) is 4.79 Å². The number of anilines is 1. The van der Waals surface area contributed by atoms with Gasteiger partial charge < -0.3 is 14.6 Å². The van der Waals surface area contributed by atoms with Crippen LogP contribution in [0.1, 0.15) is 32.2 Å². The molecule has 29 heavy (non-hydrogen) atoms. The molecule has 0 spiro atoms. The molecule has 1 aromatic carbocycles. The first kappa shape index (κ1) is 20.4. The monoisotopic (exact) mass is 407 g/mol. The van der Waals surface area contributed by atoms with Gasteiger partial charge in [-0.1, -0.05) is 18.2 Å². The third-order valence-corrected chi connectivity index (χ3v) is 5.40. The molecule has 0 atom stereocenters. The third kappa shape index (κ3) is 5.12. The van der Waals surface area contributed by atoms with Gasteiger partial charge in [0.15, 0.2) is 6.61 Å². The molecule has 7 heteroatoms. The Morgan fingerprint density at radius 2 is 1.97 bits per heavy atom. The van der Waals surface area contributed by atoms with Gasteiger partial charge in [0.2, 0.25) is 0 Å². The van der Waals surface area contributed by atoms with Gasteiger partial charge in [0.1, 0.15) is 0 Å². The van der Waals surface area contributed by atoms with Crippen LogP contribution in [0, 0.1) is 25.2 Å². The minimum Gasteiger partial charge on any atom is -0.452 e. The summed E-state index contributed by atoms with van der Waals surface area (Å²) < 4.78 is 7.26. The summed E-state index contributed by atoms with van der Waals surface area (Å²) in [6, 6.07) is 14.9. The highest BCUT2D eigenvalue weighted by Gasteiger charge is 2.18. The fourth-order valence-corrected chi connectivity index (χ4v) is 3.71. The minimum absolute atomic E-state index is 0.316. The summed E-state index contributed by atoms with van der Waals surface area (Å²) >= 11 is 1.67. The number of nitrogens with zero attached hydrogens (tertiary/aromatic N) is 2. The van der Waals surface area contributed by atoms with Crippen LogP contribution in [-0.2, 0) is 22.5 Å². The number of aryl methyl sites for hydroxylation is 1. The van der Waals surface area contributed by atoms with Crippen molar-refractivity contribution in [1.29, 1.82) is 5.26 Å². The van der Waals surface area contributed by atoms with Crippen LogP contribution < -0.4 is 5.32 Å². The van der Waals surface area contributed by atoms with Crippen LogP contribution in [0.3, 0.4) is 0 Å². The fourth-order valence-electron chi connectivity index (χ4n) is 3.01. The number of amides is 1. The molecule has 0 fully saturated rings. The van der Waals surface area contributed by atoms with Crippen molar-refractivity contribution in [1.82, 2.24) is 4.57 Å². The molecular weight excluding hydrogens is 386 g/mol. The van der Waals surface area contributed by atoms with E-state index in [2.05, 4.69) is 22.0 Å². The Labute approximate surface area is 173 Å². The summed E-state index contributed by atoms with van der Waals surface area (Å²) in [5.74, 6) is -0.936. The Morgan fingerprint density at radius 1 is 1.21 bits per heavy atom. The van der Waals surface area contributed by atoms with Crippen molar-refractivity contribution in [2.24, 2.45) is 0 Å². The van der Waals surface area contributed by atoms with Crippen LogP contribution in [0.25, 0.3) is 0 Å². The lowest BCUT2D eigenvalue weighted by Gasteiger charge is -2.09. The van der Waals surface area contributed by atoms with E-state index in [1.807, 2.05) is 25.3 Å². The average Bonchev–Trinajstić information content (AvgIpc) is 3.32. The maximum Gasteiger partial charge on any atom is 0.340 e. The Balaban J connectivity index is 1.57. The van der Waals surface area contributed by atoms with Crippen LogP contribution >= 0.6 is 11.3 Å². The fraction of sp³-hybridized carbons (Fsp3) is 0.227.